The molecule has 0 fully saturated rings. The molecule has 1 unspecified atom stereocenters. The molecule has 1 atom stereocenters. The van der Waals surface area contributed by atoms with Gasteiger partial charge in [-0.3, -0.25) is 4.79 Å². The Morgan fingerprint density at radius 1 is 1.50 bits per heavy atom. The SMILES string of the molecule is CCCOC(=O)C(C)Sc1cc(C(=O)O)c(F)cc1Cl. The van der Waals surface area contributed by atoms with Crippen LogP contribution in [0.3, 0.4) is 0 Å². The van der Waals surface area contributed by atoms with E-state index in [-0.39, 0.29) is 5.02 Å². The Morgan fingerprint density at radius 2 is 2.15 bits per heavy atom. The van der Waals surface area contributed by atoms with E-state index in [1.54, 1.807) is 6.92 Å². The van der Waals surface area contributed by atoms with Crippen LogP contribution in [-0.2, 0) is 9.53 Å². The van der Waals surface area contributed by atoms with E-state index in [2.05, 4.69) is 0 Å². The second-order valence-corrected chi connectivity index (χ2v) is 5.79. The Kier molecular flexibility index (Phi) is 6.29. The molecular weight excluding hydrogens is 307 g/mol. The number of aromatic carboxylic acids is 1. The van der Waals surface area contributed by atoms with Gasteiger partial charge >= 0.3 is 11.9 Å². The van der Waals surface area contributed by atoms with Crippen LogP contribution in [0.4, 0.5) is 4.39 Å². The number of ether oxygens (including phenoxy) is 1. The molecule has 0 heterocycles. The minimum absolute atomic E-state index is 0.0626. The van der Waals surface area contributed by atoms with Gasteiger partial charge < -0.3 is 9.84 Å². The van der Waals surface area contributed by atoms with E-state index in [1.807, 2.05) is 6.92 Å². The second kappa shape index (κ2) is 7.50. The van der Waals surface area contributed by atoms with Gasteiger partial charge in [-0.1, -0.05) is 18.5 Å². The number of carboxylic acid groups (broad SMARTS) is 1. The van der Waals surface area contributed by atoms with Gasteiger partial charge in [-0.2, -0.15) is 0 Å². The molecule has 0 bridgehead atoms. The highest BCUT2D eigenvalue weighted by atomic mass is 35.5. The van der Waals surface area contributed by atoms with Crippen LogP contribution in [0.15, 0.2) is 17.0 Å². The summed E-state index contributed by atoms with van der Waals surface area (Å²) in [5, 5.41) is 8.36. The van der Waals surface area contributed by atoms with Crippen molar-refractivity contribution in [3.05, 3.63) is 28.5 Å². The first-order valence-electron chi connectivity index (χ1n) is 5.92. The molecule has 20 heavy (non-hydrogen) atoms. The molecule has 0 saturated heterocycles. The summed E-state index contributed by atoms with van der Waals surface area (Å²) in [6.45, 7) is 3.81. The number of hydrogen-bond donors (Lipinski definition) is 1. The third kappa shape index (κ3) is 4.38. The van der Waals surface area contributed by atoms with Gasteiger partial charge in [0.25, 0.3) is 0 Å². The molecule has 0 aliphatic heterocycles. The fraction of sp³-hybridized carbons (Fsp3) is 0.385. The highest BCUT2D eigenvalue weighted by Gasteiger charge is 2.20. The summed E-state index contributed by atoms with van der Waals surface area (Å²) in [5.41, 5.74) is -0.481. The average Bonchev–Trinajstić information content (AvgIpc) is 2.38. The van der Waals surface area contributed by atoms with Gasteiger partial charge in [0.15, 0.2) is 0 Å². The molecule has 0 aliphatic carbocycles. The highest BCUT2D eigenvalue weighted by Crippen LogP contribution is 2.33. The van der Waals surface area contributed by atoms with Gasteiger partial charge in [-0.25, -0.2) is 9.18 Å². The Labute approximate surface area is 125 Å². The molecule has 1 rings (SSSR count). The van der Waals surface area contributed by atoms with E-state index in [0.29, 0.717) is 17.9 Å². The summed E-state index contributed by atoms with van der Waals surface area (Å²) in [4.78, 5) is 22.8. The van der Waals surface area contributed by atoms with Crippen LogP contribution in [0.2, 0.25) is 5.02 Å². The predicted molar refractivity (Wildman–Crippen MR) is 74.9 cm³/mol. The first-order chi connectivity index (χ1) is 9.36. The van der Waals surface area contributed by atoms with Crippen molar-refractivity contribution in [3.8, 4) is 0 Å². The standard InChI is InChI=1S/C13H14ClFO4S/c1-3-4-19-13(18)7(2)20-11-5-8(12(16)17)10(15)6-9(11)14/h5-7H,3-4H2,1-2H3,(H,16,17). The number of hydrogen-bond acceptors (Lipinski definition) is 4. The van der Waals surface area contributed by atoms with E-state index >= 15 is 0 Å². The minimum Gasteiger partial charge on any atom is -0.478 e. The van der Waals surface area contributed by atoms with E-state index in [0.717, 1.165) is 23.9 Å². The van der Waals surface area contributed by atoms with Gasteiger partial charge in [0, 0.05) is 4.90 Å². The monoisotopic (exact) mass is 320 g/mol. The van der Waals surface area contributed by atoms with Crippen molar-refractivity contribution in [2.45, 2.75) is 30.4 Å². The summed E-state index contributed by atoms with van der Waals surface area (Å²) in [7, 11) is 0. The summed E-state index contributed by atoms with van der Waals surface area (Å²) in [6.07, 6.45) is 0.712. The molecule has 1 aromatic rings. The van der Waals surface area contributed by atoms with Crippen molar-refractivity contribution in [1.29, 1.82) is 0 Å². The lowest BCUT2D eigenvalue weighted by Crippen LogP contribution is -2.17. The van der Waals surface area contributed by atoms with Crippen molar-refractivity contribution >= 4 is 35.3 Å². The predicted octanol–water partition coefficient (Wildman–Crippen LogP) is 3.61. The molecule has 110 valence electrons. The lowest BCUT2D eigenvalue weighted by molar-refractivity contribution is -0.142. The van der Waals surface area contributed by atoms with Crippen LogP contribution in [0.1, 0.15) is 30.6 Å². The van der Waals surface area contributed by atoms with Crippen LogP contribution in [0.5, 0.6) is 0 Å². The van der Waals surface area contributed by atoms with Crippen LogP contribution in [-0.4, -0.2) is 28.9 Å². The molecule has 0 spiro atoms. The third-order valence-electron chi connectivity index (χ3n) is 2.34. The van der Waals surface area contributed by atoms with Gasteiger partial charge in [-0.15, -0.1) is 11.8 Å². The highest BCUT2D eigenvalue weighted by molar-refractivity contribution is 8.00. The molecule has 1 aromatic carbocycles. The van der Waals surface area contributed by atoms with Crippen molar-refractivity contribution in [1.82, 2.24) is 0 Å². The maximum absolute atomic E-state index is 13.4. The van der Waals surface area contributed by atoms with Crippen molar-refractivity contribution < 1.29 is 23.8 Å². The average molecular weight is 321 g/mol. The molecule has 0 aliphatic rings. The van der Waals surface area contributed by atoms with Gasteiger partial charge in [0.1, 0.15) is 11.1 Å². The number of carbonyl (C=O) groups excluding carboxylic acids is 1. The van der Waals surface area contributed by atoms with Crippen molar-refractivity contribution in [2.24, 2.45) is 0 Å². The maximum atomic E-state index is 13.4. The van der Waals surface area contributed by atoms with E-state index < -0.39 is 28.6 Å². The Morgan fingerprint density at radius 3 is 2.70 bits per heavy atom. The first-order valence-corrected chi connectivity index (χ1v) is 7.18. The molecule has 7 heteroatoms. The Hall–Kier alpha value is -1.27. The Balaban J connectivity index is 2.89. The zero-order valence-corrected chi connectivity index (χ0v) is 12.6. The number of rotatable bonds is 6. The number of thioether (sulfide) groups is 1. The molecule has 0 saturated carbocycles. The lowest BCUT2D eigenvalue weighted by Gasteiger charge is -2.12. The smallest absolute Gasteiger partial charge is 0.338 e. The minimum atomic E-state index is -1.39. The molecule has 4 nitrogen and oxygen atoms in total. The van der Waals surface area contributed by atoms with E-state index in [1.165, 1.54) is 0 Å². The molecular formula is C13H14ClFO4S. The molecule has 1 N–H and O–H groups in total. The summed E-state index contributed by atoms with van der Waals surface area (Å²) in [5.74, 6) is -2.72. The van der Waals surface area contributed by atoms with E-state index in [9.17, 15) is 14.0 Å². The molecule has 0 aromatic heterocycles. The van der Waals surface area contributed by atoms with Gasteiger partial charge in [-0.05, 0) is 25.5 Å². The zero-order valence-electron chi connectivity index (χ0n) is 11.0. The first kappa shape index (κ1) is 16.8. The fourth-order valence-electron chi connectivity index (χ4n) is 1.34. The largest absolute Gasteiger partial charge is 0.478 e. The summed E-state index contributed by atoms with van der Waals surface area (Å²) < 4.78 is 18.4. The number of halogens is 2. The third-order valence-corrected chi connectivity index (χ3v) is 3.90. The normalized spacial score (nSPS) is 12.0. The number of carbonyl (C=O) groups is 2. The number of benzene rings is 1. The van der Waals surface area contributed by atoms with Crippen LogP contribution >= 0.6 is 23.4 Å². The van der Waals surface area contributed by atoms with Crippen LogP contribution in [0.25, 0.3) is 0 Å². The van der Waals surface area contributed by atoms with Crippen molar-refractivity contribution in [2.75, 3.05) is 6.61 Å². The molecule has 0 radical (unpaired) electrons. The van der Waals surface area contributed by atoms with Crippen LogP contribution in [0, 0.1) is 5.82 Å². The lowest BCUT2D eigenvalue weighted by atomic mass is 10.2. The Bertz CT molecular complexity index is 521. The van der Waals surface area contributed by atoms with Gasteiger partial charge in [0.2, 0.25) is 0 Å². The second-order valence-electron chi connectivity index (χ2n) is 4.00. The van der Waals surface area contributed by atoms with Crippen LogP contribution < -0.4 is 0 Å². The summed E-state index contributed by atoms with van der Waals surface area (Å²) in [6, 6.07) is 2.05. The molecule has 0 amide bonds. The number of carboxylic acids is 1. The number of esters is 1. The quantitative estimate of drug-likeness (QED) is 0.640. The summed E-state index contributed by atoms with van der Waals surface area (Å²) >= 11 is 6.89. The van der Waals surface area contributed by atoms with Gasteiger partial charge in [0.05, 0.1) is 17.2 Å². The topological polar surface area (TPSA) is 63.6 Å². The zero-order chi connectivity index (χ0) is 15.3. The fourth-order valence-corrected chi connectivity index (χ4v) is 2.53. The van der Waals surface area contributed by atoms with Crippen molar-refractivity contribution in [3.63, 3.8) is 0 Å². The maximum Gasteiger partial charge on any atom is 0.338 e. The van der Waals surface area contributed by atoms with E-state index in [4.69, 9.17) is 21.4 Å².